The fraction of sp³-hybridized carbons (Fsp3) is 0.812. The average Bonchev–Trinajstić information content (AvgIpc) is 2.88. The number of hydrogen-bond donors (Lipinski definition) is 1. The molecule has 1 heterocycles. The summed E-state index contributed by atoms with van der Waals surface area (Å²) in [5.74, 6) is 0.726. The number of aryl methyl sites for hydroxylation is 1. The van der Waals surface area contributed by atoms with Crippen molar-refractivity contribution in [2.45, 2.75) is 72.4 Å². The van der Waals surface area contributed by atoms with E-state index in [-0.39, 0.29) is 0 Å². The topological polar surface area (TPSA) is 29.9 Å². The summed E-state index contributed by atoms with van der Waals surface area (Å²) < 4.78 is 2.14. The molecule has 0 fully saturated rings. The van der Waals surface area contributed by atoms with E-state index in [1.807, 2.05) is 6.20 Å². The van der Waals surface area contributed by atoms with E-state index >= 15 is 0 Å². The fourth-order valence-electron chi connectivity index (χ4n) is 2.90. The molecule has 0 spiro atoms. The standard InChI is InChI=1S/C16H31N3/c1-5-9-14(10-6-2)16(17-12-7-3)15-11-13-18-19(15)8-4/h11,13-14,16-17H,5-10,12H2,1-4H3. The molecule has 0 aromatic carbocycles. The van der Waals surface area contributed by atoms with Crippen LogP contribution >= 0.6 is 0 Å². The Morgan fingerprint density at radius 3 is 2.32 bits per heavy atom. The van der Waals surface area contributed by atoms with E-state index in [0.29, 0.717) is 6.04 Å². The van der Waals surface area contributed by atoms with Gasteiger partial charge >= 0.3 is 0 Å². The lowest BCUT2D eigenvalue weighted by molar-refractivity contribution is 0.301. The number of aromatic nitrogens is 2. The predicted molar refractivity (Wildman–Crippen MR) is 82.2 cm³/mol. The second kappa shape index (κ2) is 9.13. The van der Waals surface area contributed by atoms with Gasteiger partial charge in [0.2, 0.25) is 0 Å². The molecular formula is C16H31N3. The highest BCUT2D eigenvalue weighted by atomic mass is 15.3. The van der Waals surface area contributed by atoms with Crippen LogP contribution in [-0.2, 0) is 6.54 Å². The third-order valence-corrected chi connectivity index (χ3v) is 3.77. The smallest absolute Gasteiger partial charge is 0.0556 e. The fourth-order valence-corrected chi connectivity index (χ4v) is 2.90. The Balaban J connectivity index is 2.90. The number of nitrogens with one attached hydrogen (secondary N) is 1. The maximum atomic E-state index is 4.44. The molecule has 1 N–H and O–H groups in total. The van der Waals surface area contributed by atoms with Gasteiger partial charge in [-0.1, -0.05) is 33.6 Å². The zero-order valence-corrected chi connectivity index (χ0v) is 13.2. The lowest BCUT2D eigenvalue weighted by Crippen LogP contribution is -2.31. The van der Waals surface area contributed by atoms with E-state index in [9.17, 15) is 0 Å². The molecule has 19 heavy (non-hydrogen) atoms. The van der Waals surface area contributed by atoms with E-state index < -0.39 is 0 Å². The predicted octanol–water partition coefficient (Wildman–Crippen LogP) is 4.16. The highest BCUT2D eigenvalue weighted by Gasteiger charge is 2.24. The first-order chi connectivity index (χ1) is 9.28. The lowest BCUT2D eigenvalue weighted by atomic mass is 9.88. The number of nitrogens with zero attached hydrogens (tertiary/aromatic N) is 2. The molecule has 1 aromatic rings. The molecule has 0 aliphatic carbocycles. The van der Waals surface area contributed by atoms with Crippen LogP contribution in [0.25, 0.3) is 0 Å². The highest BCUT2D eigenvalue weighted by Crippen LogP contribution is 2.29. The number of hydrogen-bond acceptors (Lipinski definition) is 2. The molecule has 0 radical (unpaired) electrons. The molecule has 0 saturated carbocycles. The van der Waals surface area contributed by atoms with Crippen LogP contribution in [0.3, 0.4) is 0 Å². The van der Waals surface area contributed by atoms with Gasteiger partial charge in [0, 0.05) is 12.7 Å². The van der Waals surface area contributed by atoms with Crippen molar-refractivity contribution in [1.29, 1.82) is 0 Å². The van der Waals surface area contributed by atoms with Gasteiger partial charge in [-0.3, -0.25) is 4.68 Å². The maximum Gasteiger partial charge on any atom is 0.0556 e. The van der Waals surface area contributed by atoms with Crippen molar-refractivity contribution in [2.75, 3.05) is 6.54 Å². The van der Waals surface area contributed by atoms with Crippen LogP contribution in [0.5, 0.6) is 0 Å². The van der Waals surface area contributed by atoms with Crippen molar-refractivity contribution in [1.82, 2.24) is 15.1 Å². The van der Waals surface area contributed by atoms with Gasteiger partial charge in [-0.05, 0) is 44.7 Å². The van der Waals surface area contributed by atoms with Crippen LogP contribution in [0.2, 0.25) is 0 Å². The Hall–Kier alpha value is -0.830. The summed E-state index contributed by atoms with van der Waals surface area (Å²) in [5.41, 5.74) is 1.36. The summed E-state index contributed by atoms with van der Waals surface area (Å²) in [6.45, 7) is 11.0. The van der Waals surface area contributed by atoms with Crippen LogP contribution in [-0.4, -0.2) is 16.3 Å². The molecule has 0 bridgehead atoms. The van der Waals surface area contributed by atoms with Crippen LogP contribution < -0.4 is 5.32 Å². The van der Waals surface area contributed by atoms with Gasteiger partial charge < -0.3 is 5.32 Å². The minimum atomic E-state index is 0.460. The zero-order chi connectivity index (χ0) is 14.1. The lowest BCUT2D eigenvalue weighted by Gasteiger charge is -2.28. The molecule has 1 unspecified atom stereocenters. The van der Waals surface area contributed by atoms with E-state index in [1.165, 1.54) is 37.8 Å². The van der Waals surface area contributed by atoms with Crippen molar-refractivity contribution >= 4 is 0 Å². The SMILES string of the molecule is CCCNC(c1ccnn1CC)C(CCC)CCC. The van der Waals surface area contributed by atoms with E-state index in [4.69, 9.17) is 0 Å². The Morgan fingerprint density at radius 1 is 1.11 bits per heavy atom. The van der Waals surface area contributed by atoms with Crippen LogP contribution in [0, 0.1) is 5.92 Å². The normalized spacial score (nSPS) is 13.1. The van der Waals surface area contributed by atoms with Gasteiger partial charge in [-0.2, -0.15) is 5.10 Å². The summed E-state index contributed by atoms with van der Waals surface area (Å²) in [6, 6.07) is 2.65. The molecule has 3 nitrogen and oxygen atoms in total. The third kappa shape index (κ3) is 4.64. The maximum absolute atomic E-state index is 4.44. The van der Waals surface area contributed by atoms with Gasteiger partial charge in [0.05, 0.1) is 11.7 Å². The molecule has 3 heteroatoms. The summed E-state index contributed by atoms with van der Waals surface area (Å²) in [4.78, 5) is 0. The van der Waals surface area contributed by atoms with E-state index in [1.54, 1.807) is 0 Å². The van der Waals surface area contributed by atoms with Crippen molar-refractivity contribution in [3.8, 4) is 0 Å². The van der Waals surface area contributed by atoms with Crippen molar-refractivity contribution in [2.24, 2.45) is 5.92 Å². The monoisotopic (exact) mass is 265 g/mol. The molecule has 0 saturated heterocycles. The number of rotatable bonds is 10. The Morgan fingerprint density at radius 2 is 1.79 bits per heavy atom. The summed E-state index contributed by atoms with van der Waals surface area (Å²) in [6.07, 6.45) is 8.23. The molecule has 1 atom stereocenters. The first-order valence-corrected chi connectivity index (χ1v) is 8.03. The molecule has 0 aliphatic rings. The molecule has 0 amide bonds. The van der Waals surface area contributed by atoms with Crippen LogP contribution in [0.15, 0.2) is 12.3 Å². The van der Waals surface area contributed by atoms with Crippen LogP contribution in [0.4, 0.5) is 0 Å². The zero-order valence-electron chi connectivity index (χ0n) is 13.2. The minimum Gasteiger partial charge on any atom is -0.308 e. The van der Waals surface area contributed by atoms with Gasteiger partial charge in [0.15, 0.2) is 0 Å². The Bertz CT molecular complexity index is 326. The molecular weight excluding hydrogens is 234 g/mol. The second-order valence-electron chi connectivity index (χ2n) is 5.34. The van der Waals surface area contributed by atoms with Crippen LogP contribution in [0.1, 0.15) is 71.5 Å². The van der Waals surface area contributed by atoms with Crippen molar-refractivity contribution in [3.05, 3.63) is 18.0 Å². The third-order valence-electron chi connectivity index (χ3n) is 3.77. The van der Waals surface area contributed by atoms with Gasteiger partial charge in [0.1, 0.15) is 0 Å². The molecule has 1 aromatic heterocycles. The minimum absolute atomic E-state index is 0.460. The molecule has 1 rings (SSSR count). The van der Waals surface area contributed by atoms with Gasteiger partial charge in [0.25, 0.3) is 0 Å². The molecule has 0 aliphatic heterocycles. The Labute approximate surface area is 118 Å². The largest absolute Gasteiger partial charge is 0.308 e. The summed E-state index contributed by atoms with van der Waals surface area (Å²) in [7, 11) is 0. The van der Waals surface area contributed by atoms with E-state index in [2.05, 4.69) is 48.9 Å². The highest BCUT2D eigenvalue weighted by molar-refractivity contribution is 5.08. The van der Waals surface area contributed by atoms with Gasteiger partial charge in [-0.15, -0.1) is 0 Å². The average molecular weight is 265 g/mol. The quantitative estimate of drug-likeness (QED) is 0.688. The van der Waals surface area contributed by atoms with E-state index in [0.717, 1.165) is 19.0 Å². The first-order valence-electron chi connectivity index (χ1n) is 8.03. The Kier molecular flexibility index (Phi) is 7.80. The van der Waals surface area contributed by atoms with Crippen molar-refractivity contribution in [3.63, 3.8) is 0 Å². The summed E-state index contributed by atoms with van der Waals surface area (Å²) in [5, 5.41) is 8.20. The van der Waals surface area contributed by atoms with Crippen molar-refractivity contribution < 1.29 is 0 Å². The second-order valence-corrected chi connectivity index (χ2v) is 5.34. The summed E-state index contributed by atoms with van der Waals surface area (Å²) >= 11 is 0. The van der Waals surface area contributed by atoms with Gasteiger partial charge in [-0.25, -0.2) is 0 Å². The molecule has 110 valence electrons. The first kappa shape index (κ1) is 16.2.